The number of ether oxygens (including phenoxy) is 2. The number of fused-ring (bicyclic) bond motifs is 1. The van der Waals surface area contributed by atoms with E-state index < -0.39 is 11.7 Å². The Morgan fingerprint density at radius 1 is 1.12 bits per heavy atom. The van der Waals surface area contributed by atoms with Gasteiger partial charge in [-0.2, -0.15) is 0 Å². The number of benzene rings is 2. The van der Waals surface area contributed by atoms with E-state index in [0.717, 1.165) is 34.2 Å². The van der Waals surface area contributed by atoms with E-state index in [1.165, 1.54) is 13.2 Å². The van der Waals surface area contributed by atoms with Crippen LogP contribution in [-0.2, 0) is 9.53 Å². The van der Waals surface area contributed by atoms with Crippen LogP contribution in [0.3, 0.4) is 0 Å². The van der Waals surface area contributed by atoms with Crippen LogP contribution < -0.4 is 4.74 Å². The minimum atomic E-state index is -0.517. The molecule has 4 nitrogen and oxygen atoms in total. The highest BCUT2D eigenvalue weighted by molar-refractivity contribution is 7.80. The van der Waals surface area contributed by atoms with Crippen LogP contribution in [0.15, 0.2) is 36.4 Å². The Kier molecular flexibility index (Phi) is 7.58. The molecule has 0 spiro atoms. The lowest BCUT2D eigenvalue weighted by atomic mass is 9.84. The Bertz CT molecular complexity index is 1180. The molecule has 0 N–H and O–H groups in total. The van der Waals surface area contributed by atoms with Gasteiger partial charge in [0.05, 0.1) is 24.6 Å². The Hall–Kier alpha value is -2.73. The molecule has 6 heteroatoms. The quantitative estimate of drug-likeness (QED) is 0.285. The first kappa shape index (κ1) is 24.9. The van der Waals surface area contributed by atoms with Gasteiger partial charge in [0.15, 0.2) is 11.6 Å². The van der Waals surface area contributed by atoms with Gasteiger partial charge < -0.3 is 14.0 Å². The predicted molar refractivity (Wildman–Crippen MR) is 135 cm³/mol. The van der Waals surface area contributed by atoms with Crippen molar-refractivity contribution < 1.29 is 18.7 Å². The topological polar surface area (TPSA) is 40.5 Å². The van der Waals surface area contributed by atoms with Gasteiger partial charge >= 0.3 is 5.97 Å². The van der Waals surface area contributed by atoms with Crippen molar-refractivity contribution in [3.8, 4) is 5.75 Å². The summed E-state index contributed by atoms with van der Waals surface area (Å²) in [5.74, 6) is -1.14. The summed E-state index contributed by atoms with van der Waals surface area (Å²) in [7, 11) is 1.43. The first-order valence-corrected chi connectivity index (χ1v) is 11.7. The van der Waals surface area contributed by atoms with Crippen molar-refractivity contribution >= 4 is 34.1 Å². The first-order valence-electron chi connectivity index (χ1n) is 11.3. The zero-order valence-corrected chi connectivity index (χ0v) is 21.2. The number of hydrogen-bond acceptors (Lipinski definition) is 4. The van der Waals surface area contributed by atoms with Crippen molar-refractivity contribution in [3.05, 3.63) is 64.6 Å². The minimum Gasteiger partial charge on any atom is -0.494 e. The zero-order valence-electron chi connectivity index (χ0n) is 20.4. The Balaban J connectivity index is 2.34. The summed E-state index contributed by atoms with van der Waals surface area (Å²) in [6, 6.07) is 11.0. The molecule has 3 rings (SSSR count). The van der Waals surface area contributed by atoms with Crippen LogP contribution in [0.25, 0.3) is 10.9 Å². The molecular formula is C27H32FNO3S. The number of nitrogens with zero attached hydrogens (tertiary/aromatic N) is 1. The maximum absolute atomic E-state index is 14.8. The van der Waals surface area contributed by atoms with Crippen molar-refractivity contribution in [3.63, 3.8) is 0 Å². The molecule has 0 fully saturated rings. The van der Waals surface area contributed by atoms with Crippen LogP contribution in [0.5, 0.6) is 5.75 Å². The number of thiocarbonyl (C=S) groups is 1. The second kappa shape index (κ2) is 10.0. The number of aryl methyl sites for hydroxylation is 1. The third-order valence-electron chi connectivity index (χ3n) is 6.16. The SMILES string of the molecule is CCC(C)[C@H](C(=O)OC(C)C)c1c(C)n(C(=S)c2ccc(C)cc2)c2cc(F)c(OC)cc12. The maximum Gasteiger partial charge on any atom is 0.314 e. The molecule has 2 atom stereocenters. The predicted octanol–water partition coefficient (Wildman–Crippen LogP) is 6.71. The van der Waals surface area contributed by atoms with Crippen molar-refractivity contribution in [2.75, 3.05) is 7.11 Å². The molecule has 33 heavy (non-hydrogen) atoms. The lowest BCUT2D eigenvalue weighted by Gasteiger charge is -2.24. The van der Waals surface area contributed by atoms with Crippen LogP contribution in [0.1, 0.15) is 62.4 Å². The number of esters is 1. The molecule has 0 amide bonds. The second-order valence-corrected chi connectivity index (χ2v) is 9.25. The van der Waals surface area contributed by atoms with Crippen LogP contribution in [0, 0.1) is 25.6 Å². The van der Waals surface area contributed by atoms with E-state index in [1.54, 1.807) is 6.07 Å². The molecule has 0 aliphatic heterocycles. The van der Waals surface area contributed by atoms with Gasteiger partial charge in [-0.3, -0.25) is 4.79 Å². The van der Waals surface area contributed by atoms with Gasteiger partial charge in [-0.25, -0.2) is 4.39 Å². The number of aromatic nitrogens is 1. The van der Waals surface area contributed by atoms with Crippen molar-refractivity contribution in [2.45, 2.75) is 60.0 Å². The van der Waals surface area contributed by atoms with Crippen LogP contribution in [-0.4, -0.2) is 28.7 Å². The molecule has 0 aliphatic rings. The largest absolute Gasteiger partial charge is 0.494 e. The second-order valence-electron chi connectivity index (χ2n) is 8.86. The summed E-state index contributed by atoms with van der Waals surface area (Å²) < 4.78 is 27.6. The average molecular weight is 470 g/mol. The summed E-state index contributed by atoms with van der Waals surface area (Å²) >= 11 is 5.87. The third kappa shape index (κ3) is 4.81. The fraction of sp³-hybridized carbons (Fsp3) is 0.407. The lowest BCUT2D eigenvalue weighted by Crippen LogP contribution is -2.25. The van der Waals surface area contributed by atoms with E-state index in [2.05, 4.69) is 0 Å². The average Bonchev–Trinajstić information content (AvgIpc) is 3.03. The molecule has 2 aromatic carbocycles. The molecular weight excluding hydrogens is 437 g/mol. The van der Waals surface area contributed by atoms with Gasteiger partial charge in [0, 0.05) is 22.7 Å². The molecule has 0 saturated heterocycles. The highest BCUT2D eigenvalue weighted by Gasteiger charge is 2.34. The molecule has 3 aromatic rings. The van der Waals surface area contributed by atoms with E-state index in [9.17, 15) is 9.18 Å². The van der Waals surface area contributed by atoms with Gasteiger partial charge in [0.1, 0.15) is 4.99 Å². The molecule has 0 aliphatic carbocycles. The molecule has 1 unspecified atom stereocenters. The molecule has 1 heterocycles. The van der Waals surface area contributed by atoms with Gasteiger partial charge in [-0.05, 0) is 45.2 Å². The number of carbonyl (C=O) groups is 1. The first-order chi connectivity index (χ1) is 15.6. The van der Waals surface area contributed by atoms with Gasteiger partial charge in [0.25, 0.3) is 0 Å². The molecule has 0 saturated carbocycles. The minimum absolute atomic E-state index is 0.0120. The Morgan fingerprint density at radius 3 is 2.30 bits per heavy atom. The highest BCUT2D eigenvalue weighted by Crippen LogP contribution is 2.40. The summed E-state index contributed by atoms with van der Waals surface area (Å²) in [5.41, 5.74) is 4.19. The summed E-state index contributed by atoms with van der Waals surface area (Å²) in [4.78, 5) is 13.8. The fourth-order valence-corrected chi connectivity index (χ4v) is 4.62. The van der Waals surface area contributed by atoms with E-state index in [4.69, 9.17) is 21.7 Å². The van der Waals surface area contributed by atoms with Crippen molar-refractivity contribution in [2.24, 2.45) is 5.92 Å². The number of hydrogen-bond donors (Lipinski definition) is 0. The molecule has 0 bridgehead atoms. The van der Waals surface area contributed by atoms with Crippen LogP contribution in [0.2, 0.25) is 0 Å². The van der Waals surface area contributed by atoms with Gasteiger partial charge in [-0.15, -0.1) is 0 Å². The smallest absolute Gasteiger partial charge is 0.314 e. The Labute approximate surface area is 200 Å². The van der Waals surface area contributed by atoms with Crippen molar-refractivity contribution in [1.29, 1.82) is 0 Å². The number of halogens is 1. The number of rotatable bonds is 7. The summed E-state index contributed by atoms with van der Waals surface area (Å²) in [6.07, 6.45) is 0.545. The van der Waals surface area contributed by atoms with E-state index in [0.29, 0.717) is 10.5 Å². The fourth-order valence-electron chi connectivity index (χ4n) is 4.25. The molecule has 176 valence electrons. The van der Waals surface area contributed by atoms with E-state index in [1.807, 2.05) is 70.4 Å². The van der Waals surface area contributed by atoms with Crippen LogP contribution in [0.4, 0.5) is 4.39 Å². The monoisotopic (exact) mass is 469 g/mol. The van der Waals surface area contributed by atoms with Gasteiger partial charge in [0.2, 0.25) is 0 Å². The van der Waals surface area contributed by atoms with E-state index in [-0.39, 0.29) is 23.7 Å². The van der Waals surface area contributed by atoms with Gasteiger partial charge in [-0.1, -0.05) is 62.3 Å². The molecule has 1 aromatic heterocycles. The third-order valence-corrected chi connectivity index (χ3v) is 6.58. The molecule has 0 radical (unpaired) electrons. The number of carbonyl (C=O) groups excluding carboxylic acids is 1. The standard InChI is InChI=1S/C27H32FNO3S/c1-8-17(5)24(27(30)32-15(2)3)25-18(6)29(26(33)19-11-9-16(4)10-12-19)22-14-21(28)23(31-7)13-20(22)25/h9-15,17,24H,8H2,1-7H3/t17?,24-/m0/s1. The summed E-state index contributed by atoms with van der Waals surface area (Å²) in [6.45, 7) is 11.7. The normalized spacial score (nSPS) is 13.2. The van der Waals surface area contributed by atoms with Crippen molar-refractivity contribution in [1.82, 2.24) is 4.57 Å². The highest BCUT2D eigenvalue weighted by atomic mass is 32.1. The number of methoxy groups -OCH3 is 1. The summed E-state index contributed by atoms with van der Waals surface area (Å²) in [5, 5.41) is 0.742. The van der Waals surface area contributed by atoms with E-state index >= 15 is 0 Å². The zero-order chi connectivity index (χ0) is 24.4. The lowest BCUT2D eigenvalue weighted by molar-refractivity contribution is -0.150. The Morgan fingerprint density at radius 2 is 1.76 bits per heavy atom. The van der Waals surface area contributed by atoms with Crippen LogP contribution >= 0.6 is 12.2 Å². The maximum atomic E-state index is 14.8.